The molecule has 20 heavy (non-hydrogen) atoms. The Morgan fingerprint density at radius 1 is 0.850 bits per heavy atom. The van der Waals surface area contributed by atoms with Crippen LogP contribution < -0.4 is 5.30 Å². The van der Waals surface area contributed by atoms with Gasteiger partial charge in [0.05, 0.1) is 12.3 Å². The van der Waals surface area contributed by atoms with Crippen LogP contribution in [0.4, 0.5) is 22.0 Å². The molecule has 0 aliphatic rings. The van der Waals surface area contributed by atoms with Crippen LogP contribution in [0, 0.1) is 35.0 Å². The summed E-state index contributed by atoms with van der Waals surface area (Å²) in [4.78, 5) is 0. The minimum atomic E-state index is -2.08. The molecule has 6 heteroatoms. The van der Waals surface area contributed by atoms with Gasteiger partial charge in [-0.2, -0.15) is 8.78 Å². The molecule has 0 nitrogen and oxygen atoms in total. The molecule has 1 aromatic rings. The number of hydrogen-bond donors (Lipinski definition) is 0. The molecular weight excluding hydrogens is 294 g/mol. The Balaban J connectivity index is 3.22. The molecule has 0 spiro atoms. The normalized spacial score (nSPS) is 14.4. The van der Waals surface area contributed by atoms with Crippen molar-refractivity contribution in [1.29, 1.82) is 0 Å². The molecule has 1 rings (SSSR count). The van der Waals surface area contributed by atoms with Gasteiger partial charge in [0.2, 0.25) is 29.1 Å². The Morgan fingerprint density at radius 2 is 1.30 bits per heavy atom. The molecule has 0 saturated carbocycles. The maximum absolute atomic E-state index is 13.8. The Kier molecular flexibility index (Phi) is 6.38. The van der Waals surface area contributed by atoms with E-state index in [0.717, 1.165) is 12.8 Å². The van der Waals surface area contributed by atoms with Crippen molar-refractivity contribution in [2.24, 2.45) is 5.92 Å². The first kappa shape index (κ1) is 17.4. The van der Waals surface area contributed by atoms with Crippen molar-refractivity contribution in [1.82, 2.24) is 0 Å². The lowest BCUT2D eigenvalue weighted by atomic mass is 10.1. The molecule has 0 saturated heterocycles. The predicted molar refractivity (Wildman–Crippen MR) is 73.7 cm³/mol. The smallest absolute Gasteiger partial charge is 0.200 e. The molecule has 2 unspecified atom stereocenters. The van der Waals surface area contributed by atoms with E-state index in [1.54, 1.807) is 6.92 Å². The van der Waals surface area contributed by atoms with Crippen LogP contribution in [0.1, 0.15) is 33.6 Å². The summed E-state index contributed by atoms with van der Waals surface area (Å²) in [7, 11) is -1.80. The fourth-order valence-corrected chi connectivity index (χ4v) is 5.09. The summed E-state index contributed by atoms with van der Waals surface area (Å²) in [6, 6.07) is 0. The lowest BCUT2D eigenvalue weighted by Gasteiger charge is -2.15. The molecule has 0 fully saturated rings. The Bertz CT molecular complexity index is 446. The topological polar surface area (TPSA) is 0 Å². The van der Waals surface area contributed by atoms with Crippen molar-refractivity contribution < 1.29 is 22.0 Å². The Hall–Kier alpha value is -0.700. The Morgan fingerprint density at radius 3 is 1.70 bits per heavy atom. The summed E-state index contributed by atoms with van der Waals surface area (Å²) >= 11 is 0. The summed E-state index contributed by atoms with van der Waals surface area (Å²) in [5.74, 6) is -8.84. The van der Waals surface area contributed by atoms with Gasteiger partial charge in [-0.25, -0.2) is 13.2 Å². The zero-order valence-electron chi connectivity index (χ0n) is 11.8. The minimum Gasteiger partial charge on any atom is -0.200 e. The monoisotopic (exact) mass is 313 g/mol. The highest BCUT2D eigenvalue weighted by Crippen LogP contribution is 2.40. The molecule has 0 heterocycles. The largest absolute Gasteiger partial charge is 0.206 e. The standard InChI is InChI=1S/C14H18F5P/c1-4-6-8(3)7-20(5-2)14-12(18)10(16)9(15)11(17)13(14)19/h8H,4-7H2,1-3H3/p+1. The number of hydrogen-bond acceptors (Lipinski definition) is 0. The van der Waals surface area contributed by atoms with Gasteiger partial charge in [0, 0.05) is 7.92 Å². The zero-order chi connectivity index (χ0) is 15.4. The third kappa shape index (κ3) is 3.49. The van der Waals surface area contributed by atoms with Crippen LogP contribution in [0.3, 0.4) is 0 Å². The van der Waals surface area contributed by atoms with Crippen molar-refractivity contribution in [2.45, 2.75) is 33.6 Å². The van der Waals surface area contributed by atoms with E-state index in [0.29, 0.717) is 12.3 Å². The van der Waals surface area contributed by atoms with E-state index in [4.69, 9.17) is 0 Å². The van der Waals surface area contributed by atoms with E-state index >= 15 is 0 Å². The van der Waals surface area contributed by atoms with Crippen LogP contribution >= 0.6 is 7.92 Å². The van der Waals surface area contributed by atoms with Crippen LogP contribution in [-0.2, 0) is 0 Å². The van der Waals surface area contributed by atoms with Gasteiger partial charge in [-0.15, -0.1) is 0 Å². The second-order valence-electron chi connectivity index (χ2n) is 5.00. The summed E-state index contributed by atoms with van der Waals surface area (Å²) in [5, 5.41) is -0.572. The lowest BCUT2D eigenvalue weighted by Crippen LogP contribution is -2.22. The van der Waals surface area contributed by atoms with Gasteiger partial charge < -0.3 is 0 Å². The third-order valence-corrected chi connectivity index (χ3v) is 6.56. The highest BCUT2D eigenvalue weighted by molar-refractivity contribution is 7.65. The maximum atomic E-state index is 13.8. The quantitative estimate of drug-likeness (QED) is 0.310. The number of benzene rings is 1. The highest BCUT2D eigenvalue weighted by Gasteiger charge is 2.35. The van der Waals surface area contributed by atoms with Gasteiger partial charge in [-0.1, -0.05) is 20.3 Å². The van der Waals surface area contributed by atoms with Crippen LogP contribution in [-0.4, -0.2) is 12.3 Å². The van der Waals surface area contributed by atoms with Gasteiger partial charge in [-0.3, -0.25) is 0 Å². The average molecular weight is 313 g/mol. The molecule has 0 bridgehead atoms. The maximum Gasteiger partial charge on any atom is 0.206 e. The lowest BCUT2D eigenvalue weighted by molar-refractivity contribution is 0.384. The molecule has 0 aromatic heterocycles. The first-order chi connectivity index (χ1) is 9.34. The molecule has 0 aliphatic heterocycles. The zero-order valence-corrected chi connectivity index (χ0v) is 12.8. The summed E-state index contributed by atoms with van der Waals surface area (Å²) < 4.78 is 67.1. The van der Waals surface area contributed by atoms with Gasteiger partial charge in [0.25, 0.3) is 0 Å². The first-order valence-electron chi connectivity index (χ1n) is 6.71. The predicted octanol–water partition coefficient (Wildman–Crippen LogP) is 4.68. The van der Waals surface area contributed by atoms with E-state index in [1.807, 2.05) is 13.8 Å². The summed E-state index contributed by atoms with van der Waals surface area (Å²) in [5.41, 5.74) is 0. The molecule has 0 radical (unpaired) electrons. The van der Waals surface area contributed by atoms with E-state index in [9.17, 15) is 22.0 Å². The molecule has 2 atom stereocenters. The second-order valence-corrected chi connectivity index (χ2v) is 7.82. The van der Waals surface area contributed by atoms with Crippen LogP contribution in [0.15, 0.2) is 0 Å². The molecule has 114 valence electrons. The van der Waals surface area contributed by atoms with Gasteiger partial charge in [0.1, 0.15) is 0 Å². The molecule has 1 aromatic carbocycles. The van der Waals surface area contributed by atoms with E-state index in [2.05, 4.69) is 0 Å². The van der Waals surface area contributed by atoms with Crippen molar-refractivity contribution in [2.75, 3.05) is 12.3 Å². The van der Waals surface area contributed by atoms with E-state index < -0.39 is 42.3 Å². The van der Waals surface area contributed by atoms with Crippen LogP contribution in [0.2, 0.25) is 0 Å². The first-order valence-corrected chi connectivity index (χ1v) is 8.62. The average Bonchev–Trinajstić information content (AvgIpc) is 2.42. The van der Waals surface area contributed by atoms with E-state index in [-0.39, 0.29) is 5.92 Å². The summed E-state index contributed by atoms with van der Waals surface area (Å²) in [6.07, 6.45) is 2.74. The Labute approximate surface area is 117 Å². The summed E-state index contributed by atoms with van der Waals surface area (Å²) in [6.45, 7) is 5.66. The minimum absolute atomic E-state index is 0.212. The van der Waals surface area contributed by atoms with Crippen molar-refractivity contribution in [3.63, 3.8) is 0 Å². The fourth-order valence-electron chi connectivity index (χ4n) is 2.35. The molecule has 0 N–H and O–H groups in total. The van der Waals surface area contributed by atoms with E-state index in [1.165, 1.54) is 0 Å². The van der Waals surface area contributed by atoms with Crippen molar-refractivity contribution >= 4 is 13.2 Å². The third-order valence-electron chi connectivity index (χ3n) is 3.37. The number of halogens is 5. The van der Waals surface area contributed by atoms with Gasteiger partial charge in [-0.05, 0) is 19.3 Å². The SMILES string of the molecule is CCCC(C)C[PH+](CC)c1c(F)c(F)c(F)c(F)c1F. The van der Waals surface area contributed by atoms with Gasteiger partial charge in [0.15, 0.2) is 5.30 Å². The van der Waals surface area contributed by atoms with Crippen LogP contribution in [0.25, 0.3) is 0 Å². The molecular formula is C14H19F5P+. The van der Waals surface area contributed by atoms with Crippen LogP contribution in [0.5, 0.6) is 0 Å². The highest BCUT2D eigenvalue weighted by atomic mass is 31.1. The van der Waals surface area contributed by atoms with Gasteiger partial charge >= 0.3 is 0 Å². The van der Waals surface area contributed by atoms with Crippen molar-refractivity contribution in [3.8, 4) is 0 Å². The fraction of sp³-hybridized carbons (Fsp3) is 0.571. The second kappa shape index (κ2) is 7.35. The van der Waals surface area contributed by atoms with Crippen molar-refractivity contribution in [3.05, 3.63) is 29.1 Å². The molecule has 0 amide bonds. The number of rotatable bonds is 6. The molecule has 0 aliphatic carbocycles.